The number of likely N-dealkylation sites (tertiary alicyclic amines) is 1. The summed E-state index contributed by atoms with van der Waals surface area (Å²) in [4.78, 5) is 15.0. The maximum absolute atomic E-state index is 12.6. The summed E-state index contributed by atoms with van der Waals surface area (Å²) in [5.41, 5.74) is 1.32. The van der Waals surface area contributed by atoms with E-state index in [-0.39, 0.29) is 11.9 Å². The van der Waals surface area contributed by atoms with Crippen LogP contribution in [-0.4, -0.2) is 50.5 Å². The van der Waals surface area contributed by atoms with Gasteiger partial charge in [0, 0.05) is 38.1 Å². The van der Waals surface area contributed by atoms with Crippen LogP contribution in [0, 0.1) is 0 Å². The molecular weight excluding hydrogens is 406 g/mol. The molecule has 1 N–H and O–H groups in total. The number of amides is 1. The van der Waals surface area contributed by atoms with Crippen LogP contribution < -0.4 is 5.32 Å². The van der Waals surface area contributed by atoms with Crippen LogP contribution in [0.2, 0.25) is 0 Å². The van der Waals surface area contributed by atoms with Gasteiger partial charge in [0.25, 0.3) is 0 Å². The second kappa shape index (κ2) is 11.0. The van der Waals surface area contributed by atoms with Gasteiger partial charge in [0.15, 0.2) is 5.16 Å². The van der Waals surface area contributed by atoms with Crippen molar-refractivity contribution in [2.24, 2.45) is 0 Å². The highest BCUT2D eigenvalue weighted by Crippen LogP contribution is 2.33. The van der Waals surface area contributed by atoms with Gasteiger partial charge in [-0.05, 0) is 24.8 Å². The predicted octanol–water partition coefficient (Wildman–Crippen LogP) is 3.99. The van der Waals surface area contributed by atoms with E-state index < -0.39 is 0 Å². The van der Waals surface area contributed by atoms with Crippen molar-refractivity contribution in [1.82, 2.24) is 25.0 Å². The molecule has 2 heterocycles. The number of carbonyl (C=O) groups is 1. The average molecular weight is 440 g/mol. The number of carbonyl (C=O) groups excluding carboxylic acids is 1. The van der Waals surface area contributed by atoms with Gasteiger partial charge in [0.2, 0.25) is 5.91 Å². The summed E-state index contributed by atoms with van der Waals surface area (Å²) in [6.07, 6.45) is 9.10. The highest BCUT2D eigenvalue weighted by molar-refractivity contribution is 7.99. The monoisotopic (exact) mass is 439 g/mol. The largest absolute Gasteiger partial charge is 0.351 e. The van der Waals surface area contributed by atoms with E-state index in [2.05, 4.69) is 55.8 Å². The van der Waals surface area contributed by atoms with E-state index in [4.69, 9.17) is 0 Å². The van der Waals surface area contributed by atoms with E-state index in [1.54, 1.807) is 0 Å². The van der Waals surface area contributed by atoms with Crippen LogP contribution in [0.3, 0.4) is 0 Å². The van der Waals surface area contributed by atoms with Crippen molar-refractivity contribution in [2.75, 3.05) is 18.8 Å². The number of hydrogen-bond acceptors (Lipinski definition) is 5. The van der Waals surface area contributed by atoms with Gasteiger partial charge in [-0.1, -0.05) is 67.4 Å². The van der Waals surface area contributed by atoms with E-state index in [1.807, 2.05) is 12.1 Å². The molecule has 0 unspecified atom stereocenters. The van der Waals surface area contributed by atoms with Gasteiger partial charge in [-0.25, -0.2) is 0 Å². The first-order valence-electron chi connectivity index (χ1n) is 11.5. The first-order chi connectivity index (χ1) is 15.2. The highest BCUT2D eigenvalue weighted by Gasteiger charge is 2.25. The molecule has 1 saturated heterocycles. The Morgan fingerprint density at radius 3 is 2.74 bits per heavy atom. The quantitative estimate of drug-likeness (QED) is 0.473. The van der Waals surface area contributed by atoms with Crippen LogP contribution in [0.4, 0.5) is 0 Å². The van der Waals surface area contributed by atoms with Gasteiger partial charge < -0.3 is 9.88 Å². The summed E-state index contributed by atoms with van der Waals surface area (Å²) in [6.45, 7) is 7.46. The second-order valence-electron chi connectivity index (χ2n) is 8.64. The fourth-order valence-electron chi connectivity index (χ4n) is 4.71. The Kier molecular flexibility index (Phi) is 7.81. The molecule has 1 aliphatic carbocycles. The number of thioether (sulfide) groups is 1. The lowest BCUT2D eigenvalue weighted by molar-refractivity contribution is -0.119. The molecular formula is C24H33N5OS. The smallest absolute Gasteiger partial charge is 0.230 e. The van der Waals surface area contributed by atoms with Crippen molar-refractivity contribution in [3.8, 4) is 0 Å². The minimum absolute atomic E-state index is 0.0731. The van der Waals surface area contributed by atoms with Crippen LogP contribution in [0.25, 0.3) is 0 Å². The summed E-state index contributed by atoms with van der Waals surface area (Å²) in [7, 11) is 0. The van der Waals surface area contributed by atoms with Gasteiger partial charge in [-0.3, -0.25) is 9.69 Å². The molecule has 1 amide bonds. The maximum Gasteiger partial charge on any atom is 0.230 e. The van der Waals surface area contributed by atoms with Gasteiger partial charge >= 0.3 is 0 Å². The normalized spacial score (nSPS) is 20.1. The first-order valence-corrected chi connectivity index (χ1v) is 12.4. The van der Waals surface area contributed by atoms with Gasteiger partial charge in [0.05, 0.1) is 5.75 Å². The molecule has 0 bridgehead atoms. The maximum atomic E-state index is 12.6. The molecule has 1 saturated carbocycles. The second-order valence-corrected chi connectivity index (χ2v) is 9.58. The standard InChI is InChI=1S/C24H33N5OS/c1-2-14-29-23(20-11-7-4-8-12-20)26-27-24(29)31-18-22(30)25-21-13-15-28(17-21)16-19-9-5-3-6-10-19/h2-3,5-6,9-10,20-21H,1,4,7-8,11-18H2,(H,25,30)/t21-/m1/s1. The lowest BCUT2D eigenvalue weighted by atomic mass is 9.89. The Morgan fingerprint density at radius 1 is 1.16 bits per heavy atom. The number of benzene rings is 1. The lowest BCUT2D eigenvalue weighted by Gasteiger charge is -2.21. The molecule has 166 valence electrons. The molecule has 1 atom stereocenters. The van der Waals surface area contributed by atoms with E-state index in [1.165, 1.54) is 49.4 Å². The number of rotatable bonds is 9. The lowest BCUT2D eigenvalue weighted by Crippen LogP contribution is -2.38. The van der Waals surface area contributed by atoms with E-state index in [9.17, 15) is 4.79 Å². The summed E-state index contributed by atoms with van der Waals surface area (Å²) in [6, 6.07) is 10.7. The Morgan fingerprint density at radius 2 is 1.97 bits per heavy atom. The third-order valence-corrected chi connectivity index (χ3v) is 7.21. The van der Waals surface area contributed by atoms with Crippen LogP contribution in [-0.2, 0) is 17.9 Å². The van der Waals surface area contributed by atoms with Crippen LogP contribution >= 0.6 is 11.8 Å². The van der Waals surface area contributed by atoms with E-state index in [0.717, 1.165) is 37.0 Å². The molecule has 0 spiro atoms. The van der Waals surface area contributed by atoms with Crippen LogP contribution in [0.5, 0.6) is 0 Å². The molecule has 2 aliphatic rings. The Balaban J connectivity index is 1.27. The SMILES string of the molecule is C=CCn1c(SCC(=O)N[C@@H]2CCN(Cc3ccccc3)C2)nnc1C1CCCCC1. The van der Waals surface area contributed by atoms with E-state index in [0.29, 0.717) is 18.2 Å². The van der Waals surface area contributed by atoms with Crippen molar-refractivity contribution in [3.05, 3.63) is 54.4 Å². The van der Waals surface area contributed by atoms with Crippen molar-refractivity contribution >= 4 is 17.7 Å². The molecule has 1 aromatic carbocycles. The minimum atomic E-state index is 0.0731. The summed E-state index contributed by atoms with van der Waals surface area (Å²) in [5.74, 6) is 1.99. The van der Waals surface area contributed by atoms with Crippen molar-refractivity contribution in [2.45, 2.75) is 68.7 Å². The first kappa shape index (κ1) is 22.1. The topological polar surface area (TPSA) is 63.1 Å². The third-order valence-electron chi connectivity index (χ3n) is 6.25. The molecule has 2 fully saturated rings. The fourth-order valence-corrected chi connectivity index (χ4v) is 5.47. The zero-order valence-corrected chi connectivity index (χ0v) is 19.0. The number of allylic oxidation sites excluding steroid dienone is 1. The zero-order chi connectivity index (χ0) is 21.5. The highest BCUT2D eigenvalue weighted by atomic mass is 32.2. The Labute approximate surface area is 189 Å². The number of nitrogens with one attached hydrogen (secondary N) is 1. The summed E-state index contributed by atoms with van der Waals surface area (Å²) < 4.78 is 2.15. The summed E-state index contributed by atoms with van der Waals surface area (Å²) in [5, 5.41) is 12.9. The van der Waals surface area contributed by atoms with Crippen molar-refractivity contribution < 1.29 is 4.79 Å². The van der Waals surface area contributed by atoms with Crippen LogP contribution in [0.1, 0.15) is 55.8 Å². The molecule has 6 nitrogen and oxygen atoms in total. The molecule has 4 rings (SSSR count). The molecule has 1 aromatic heterocycles. The fraction of sp³-hybridized carbons (Fsp3) is 0.542. The van der Waals surface area contributed by atoms with Gasteiger partial charge in [-0.15, -0.1) is 16.8 Å². The van der Waals surface area contributed by atoms with Gasteiger partial charge in [0.1, 0.15) is 5.82 Å². The molecule has 1 aliphatic heterocycles. The Bertz CT molecular complexity index is 862. The third kappa shape index (κ3) is 5.98. The molecule has 7 heteroatoms. The predicted molar refractivity (Wildman–Crippen MR) is 125 cm³/mol. The molecule has 31 heavy (non-hydrogen) atoms. The average Bonchev–Trinajstić information content (AvgIpc) is 3.40. The van der Waals surface area contributed by atoms with Crippen LogP contribution in [0.15, 0.2) is 48.1 Å². The Hall–Kier alpha value is -2.12. The molecule has 2 aromatic rings. The number of hydrogen-bond donors (Lipinski definition) is 1. The van der Waals surface area contributed by atoms with Crippen molar-refractivity contribution in [3.63, 3.8) is 0 Å². The molecule has 0 radical (unpaired) electrons. The van der Waals surface area contributed by atoms with Gasteiger partial charge in [-0.2, -0.15) is 0 Å². The van der Waals surface area contributed by atoms with Crippen molar-refractivity contribution in [1.29, 1.82) is 0 Å². The number of aromatic nitrogens is 3. The number of nitrogens with zero attached hydrogens (tertiary/aromatic N) is 4. The minimum Gasteiger partial charge on any atom is -0.351 e. The van der Waals surface area contributed by atoms with E-state index >= 15 is 0 Å². The zero-order valence-electron chi connectivity index (χ0n) is 18.2. The summed E-state index contributed by atoms with van der Waals surface area (Å²) >= 11 is 1.48.